The van der Waals surface area contributed by atoms with Crippen molar-refractivity contribution < 1.29 is 14.6 Å². The van der Waals surface area contributed by atoms with Gasteiger partial charge in [-0.3, -0.25) is 0 Å². The van der Waals surface area contributed by atoms with Crippen LogP contribution in [0.25, 0.3) is 10.8 Å². The minimum atomic E-state index is -0.532. The lowest BCUT2D eigenvalue weighted by molar-refractivity contribution is 0.173. The Morgan fingerprint density at radius 3 is 2.84 bits per heavy atom. The topological polar surface area (TPSA) is 58.6 Å². The highest BCUT2D eigenvalue weighted by Gasteiger charge is 2.36. The van der Waals surface area contributed by atoms with Crippen molar-refractivity contribution in [3.05, 3.63) is 40.9 Å². The zero-order valence-electron chi connectivity index (χ0n) is 10.2. The molecular weight excluding hydrogens is 266 g/mol. The van der Waals surface area contributed by atoms with Gasteiger partial charge in [-0.2, -0.15) is 0 Å². The van der Waals surface area contributed by atoms with Gasteiger partial charge in [0, 0.05) is 5.39 Å². The maximum atomic E-state index is 11.2. The highest BCUT2D eigenvalue weighted by molar-refractivity contribution is 6.37. The molecule has 2 aromatic rings. The van der Waals surface area contributed by atoms with Gasteiger partial charge in [0.25, 0.3) is 0 Å². The van der Waals surface area contributed by atoms with E-state index in [4.69, 9.17) is 16.3 Å². The number of alkyl carbamates (subject to hydrolysis) is 1. The summed E-state index contributed by atoms with van der Waals surface area (Å²) >= 11 is 6.05. The van der Waals surface area contributed by atoms with Crippen LogP contribution in [0.3, 0.4) is 0 Å². The average molecular weight is 278 g/mol. The predicted octanol–water partition coefficient (Wildman–Crippen LogP) is 3.15. The van der Waals surface area contributed by atoms with Crippen molar-refractivity contribution >= 4 is 28.5 Å². The van der Waals surface area contributed by atoms with Crippen LogP contribution in [-0.4, -0.2) is 17.8 Å². The minimum absolute atomic E-state index is 0.0608. The molecule has 5 heteroatoms. The molecule has 1 fully saturated rings. The molecule has 1 aliphatic rings. The molecular formula is C14H12ClNO3. The Kier molecular flexibility index (Phi) is 2.57. The Hall–Kier alpha value is -1.94. The molecule has 2 aromatic carbocycles. The van der Waals surface area contributed by atoms with E-state index < -0.39 is 11.6 Å². The van der Waals surface area contributed by atoms with Gasteiger partial charge in [-0.05, 0) is 30.0 Å². The van der Waals surface area contributed by atoms with E-state index in [2.05, 4.69) is 5.32 Å². The Labute approximate surface area is 114 Å². The summed E-state index contributed by atoms with van der Waals surface area (Å²) in [5.74, 6) is 0.0608. The number of nitrogens with one attached hydrogen (secondary N) is 1. The fourth-order valence-electron chi connectivity index (χ4n) is 2.29. The SMILES string of the molecule is CC1(c2ccc3c(Cl)c(O)ccc3c2)COC(=O)N1. The number of benzene rings is 2. The van der Waals surface area contributed by atoms with Crippen LogP contribution in [0.2, 0.25) is 5.02 Å². The number of hydrogen-bond acceptors (Lipinski definition) is 3. The third-order valence-corrected chi connectivity index (χ3v) is 3.84. The Balaban J connectivity index is 2.13. The standard InChI is InChI=1S/C14H12ClNO3/c1-14(7-19-13(18)16-14)9-3-4-10-8(6-9)2-5-11(17)12(10)15/h2-6,17H,7H2,1H3,(H,16,18). The zero-order chi connectivity index (χ0) is 13.6. The molecule has 0 radical (unpaired) electrons. The van der Waals surface area contributed by atoms with Gasteiger partial charge in [0.2, 0.25) is 0 Å². The van der Waals surface area contributed by atoms with E-state index in [-0.39, 0.29) is 5.75 Å². The van der Waals surface area contributed by atoms with E-state index in [1.165, 1.54) is 0 Å². The number of phenols is 1. The number of phenolic OH excluding ortho intramolecular Hbond substituents is 1. The number of carbonyl (C=O) groups excluding carboxylic acids is 1. The molecule has 0 bridgehead atoms. The molecule has 1 amide bonds. The number of carbonyl (C=O) groups is 1. The molecule has 0 aliphatic carbocycles. The van der Waals surface area contributed by atoms with Gasteiger partial charge in [-0.15, -0.1) is 0 Å². The first kappa shape index (κ1) is 12.1. The van der Waals surface area contributed by atoms with E-state index in [1.54, 1.807) is 12.1 Å². The highest BCUT2D eigenvalue weighted by atomic mass is 35.5. The van der Waals surface area contributed by atoms with Gasteiger partial charge < -0.3 is 15.2 Å². The first-order chi connectivity index (χ1) is 8.99. The highest BCUT2D eigenvalue weighted by Crippen LogP contribution is 2.34. The van der Waals surface area contributed by atoms with Crippen LogP contribution in [-0.2, 0) is 10.3 Å². The van der Waals surface area contributed by atoms with Crippen molar-refractivity contribution in [1.82, 2.24) is 5.32 Å². The number of halogens is 1. The molecule has 1 heterocycles. The second-order valence-electron chi connectivity index (χ2n) is 4.87. The van der Waals surface area contributed by atoms with Crippen LogP contribution in [0.15, 0.2) is 30.3 Å². The molecule has 0 spiro atoms. The third kappa shape index (κ3) is 1.88. The normalized spacial score (nSPS) is 22.3. The lowest BCUT2D eigenvalue weighted by atomic mass is 9.91. The smallest absolute Gasteiger partial charge is 0.408 e. The molecule has 1 unspecified atom stereocenters. The molecule has 1 saturated heterocycles. The number of ether oxygens (including phenoxy) is 1. The maximum absolute atomic E-state index is 11.2. The fraction of sp³-hybridized carbons (Fsp3) is 0.214. The number of aromatic hydroxyl groups is 1. The van der Waals surface area contributed by atoms with Crippen LogP contribution in [0.4, 0.5) is 4.79 Å². The number of cyclic esters (lactones) is 1. The second kappa shape index (κ2) is 4.03. The molecule has 0 saturated carbocycles. The van der Waals surface area contributed by atoms with Gasteiger partial charge in [-0.1, -0.05) is 29.8 Å². The fourth-order valence-corrected chi connectivity index (χ4v) is 2.52. The lowest BCUT2D eigenvalue weighted by Crippen LogP contribution is -2.37. The molecule has 2 N–H and O–H groups in total. The van der Waals surface area contributed by atoms with Crippen LogP contribution in [0.1, 0.15) is 12.5 Å². The maximum Gasteiger partial charge on any atom is 0.408 e. The minimum Gasteiger partial charge on any atom is -0.506 e. The van der Waals surface area contributed by atoms with Crippen molar-refractivity contribution in [2.45, 2.75) is 12.5 Å². The first-order valence-corrected chi connectivity index (χ1v) is 6.24. The van der Waals surface area contributed by atoms with Gasteiger partial charge in [0.05, 0.1) is 10.6 Å². The van der Waals surface area contributed by atoms with Crippen LogP contribution >= 0.6 is 11.6 Å². The summed E-state index contributed by atoms with van der Waals surface area (Å²) in [4.78, 5) is 11.2. The van der Waals surface area contributed by atoms with Crippen molar-refractivity contribution in [3.63, 3.8) is 0 Å². The Bertz CT molecular complexity index is 686. The van der Waals surface area contributed by atoms with E-state index in [0.717, 1.165) is 16.3 Å². The van der Waals surface area contributed by atoms with Crippen molar-refractivity contribution in [1.29, 1.82) is 0 Å². The summed E-state index contributed by atoms with van der Waals surface area (Å²) < 4.78 is 4.96. The van der Waals surface area contributed by atoms with E-state index >= 15 is 0 Å². The Morgan fingerprint density at radius 2 is 2.16 bits per heavy atom. The quantitative estimate of drug-likeness (QED) is 0.842. The average Bonchev–Trinajstić information content (AvgIpc) is 2.75. The Morgan fingerprint density at radius 1 is 1.37 bits per heavy atom. The summed E-state index contributed by atoms with van der Waals surface area (Å²) in [6.07, 6.45) is -0.411. The number of hydrogen-bond donors (Lipinski definition) is 2. The second-order valence-corrected chi connectivity index (χ2v) is 5.25. The summed E-state index contributed by atoms with van der Waals surface area (Å²) in [6.45, 7) is 2.20. The zero-order valence-corrected chi connectivity index (χ0v) is 11.0. The van der Waals surface area contributed by atoms with E-state index in [9.17, 15) is 9.90 Å². The largest absolute Gasteiger partial charge is 0.506 e. The van der Waals surface area contributed by atoms with Gasteiger partial charge in [0.1, 0.15) is 12.4 Å². The number of rotatable bonds is 1. The van der Waals surface area contributed by atoms with Crippen LogP contribution in [0.5, 0.6) is 5.75 Å². The summed E-state index contributed by atoms with van der Waals surface area (Å²) in [7, 11) is 0. The summed E-state index contributed by atoms with van der Waals surface area (Å²) in [6, 6.07) is 9.00. The molecule has 0 aromatic heterocycles. The van der Waals surface area contributed by atoms with Crippen LogP contribution < -0.4 is 5.32 Å². The van der Waals surface area contributed by atoms with Crippen molar-refractivity contribution in [2.75, 3.05) is 6.61 Å². The van der Waals surface area contributed by atoms with Crippen molar-refractivity contribution in [3.8, 4) is 5.75 Å². The monoisotopic (exact) mass is 277 g/mol. The number of fused-ring (bicyclic) bond motifs is 1. The lowest BCUT2D eigenvalue weighted by Gasteiger charge is -2.22. The van der Waals surface area contributed by atoms with Gasteiger partial charge in [0.15, 0.2) is 0 Å². The van der Waals surface area contributed by atoms with Crippen molar-refractivity contribution in [2.24, 2.45) is 0 Å². The summed E-state index contributed by atoms with van der Waals surface area (Å²) in [5, 5.41) is 14.4. The van der Waals surface area contributed by atoms with Gasteiger partial charge in [-0.25, -0.2) is 4.79 Å². The van der Waals surface area contributed by atoms with E-state index in [1.807, 2.05) is 25.1 Å². The van der Waals surface area contributed by atoms with E-state index in [0.29, 0.717) is 11.6 Å². The summed E-state index contributed by atoms with van der Waals surface area (Å²) in [5.41, 5.74) is 0.405. The third-order valence-electron chi connectivity index (χ3n) is 3.44. The molecule has 3 rings (SSSR count). The molecule has 4 nitrogen and oxygen atoms in total. The molecule has 1 atom stereocenters. The molecule has 19 heavy (non-hydrogen) atoms. The number of amides is 1. The molecule has 1 aliphatic heterocycles. The predicted molar refractivity (Wildman–Crippen MR) is 72.5 cm³/mol. The molecule has 98 valence electrons. The van der Waals surface area contributed by atoms with Crippen LogP contribution in [0, 0.1) is 0 Å². The first-order valence-electron chi connectivity index (χ1n) is 5.86. The van der Waals surface area contributed by atoms with Gasteiger partial charge >= 0.3 is 6.09 Å².